The Labute approximate surface area is 176 Å². The molecule has 0 amide bonds. The van der Waals surface area contributed by atoms with Crippen LogP contribution in [0.15, 0.2) is 60.8 Å². The third-order valence-electron chi connectivity index (χ3n) is 5.78. The van der Waals surface area contributed by atoms with Gasteiger partial charge in [-0.05, 0) is 37.1 Å². The van der Waals surface area contributed by atoms with Gasteiger partial charge in [0.15, 0.2) is 11.5 Å². The number of para-hydroxylation sites is 3. The van der Waals surface area contributed by atoms with Crippen LogP contribution >= 0.6 is 0 Å². The molecule has 0 radical (unpaired) electrons. The van der Waals surface area contributed by atoms with Gasteiger partial charge in [0.05, 0.1) is 18.2 Å². The van der Waals surface area contributed by atoms with E-state index < -0.39 is 11.7 Å². The predicted molar refractivity (Wildman–Crippen MR) is 116 cm³/mol. The molecule has 2 N–H and O–H groups in total. The molecule has 3 aromatic rings. The molecular formula is C24H28N2O4. The van der Waals surface area contributed by atoms with Crippen molar-refractivity contribution in [2.75, 3.05) is 33.4 Å². The van der Waals surface area contributed by atoms with Gasteiger partial charge in [-0.25, -0.2) is 0 Å². The Hall–Kier alpha value is -2.67. The molecule has 6 heteroatoms. The summed E-state index contributed by atoms with van der Waals surface area (Å²) < 4.78 is 11.0. The molecule has 0 bridgehead atoms. The van der Waals surface area contributed by atoms with E-state index in [0.717, 1.165) is 16.5 Å². The van der Waals surface area contributed by atoms with E-state index in [4.69, 9.17) is 9.47 Å². The maximum atomic E-state index is 11.2. The average Bonchev–Trinajstić information content (AvgIpc) is 2.79. The Bertz CT molecular complexity index is 986. The number of hydrogen-bond donors (Lipinski definition) is 2. The molecule has 1 aromatic heterocycles. The van der Waals surface area contributed by atoms with Crippen LogP contribution in [-0.4, -0.2) is 59.6 Å². The van der Waals surface area contributed by atoms with Crippen molar-refractivity contribution in [3.05, 3.63) is 66.4 Å². The molecule has 1 saturated heterocycles. The number of aliphatic hydroxyl groups is 2. The van der Waals surface area contributed by atoms with Crippen LogP contribution in [0.2, 0.25) is 0 Å². The van der Waals surface area contributed by atoms with Crippen LogP contribution in [0.3, 0.4) is 0 Å². The van der Waals surface area contributed by atoms with Gasteiger partial charge in [-0.1, -0.05) is 30.3 Å². The highest BCUT2D eigenvalue weighted by molar-refractivity contribution is 5.78. The van der Waals surface area contributed by atoms with E-state index in [-0.39, 0.29) is 6.61 Å². The van der Waals surface area contributed by atoms with Gasteiger partial charge in [0.2, 0.25) is 0 Å². The van der Waals surface area contributed by atoms with E-state index in [1.54, 1.807) is 13.3 Å². The molecule has 0 saturated carbocycles. The van der Waals surface area contributed by atoms with Crippen LogP contribution in [0.25, 0.3) is 10.9 Å². The van der Waals surface area contributed by atoms with Crippen LogP contribution in [0.1, 0.15) is 18.4 Å². The average molecular weight is 408 g/mol. The summed E-state index contributed by atoms with van der Waals surface area (Å²) in [5.74, 6) is 1.27. The van der Waals surface area contributed by atoms with E-state index in [1.165, 1.54) is 0 Å². The Balaban J connectivity index is 1.31. The first-order valence-corrected chi connectivity index (χ1v) is 10.3. The molecule has 6 nitrogen and oxygen atoms in total. The van der Waals surface area contributed by atoms with E-state index in [1.807, 2.05) is 54.6 Å². The fraction of sp³-hybridized carbons (Fsp3) is 0.375. The summed E-state index contributed by atoms with van der Waals surface area (Å²) in [5, 5.41) is 22.6. The summed E-state index contributed by atoms with van der Waals surface area (Å²) in [5.41, 5.74) is 0.910. The lowest BCUT2D eigenvalue weighted by Crippen LogP contribution is -2.46. The summed E-state index contributed by atoms with van der Waals surface area (Å²) in [6.07, 6.45) is 2.37. The number of fused-ring (bicyclic) bond motifs is 1. The lowest BCUT2D eigenvalue weighted by atomic mass is 9.84. The van der Waals surface area contributed by atoms with Crippen LogP contribution in [0.5, 0.6) is 11.5 Å². The molecule has 30 heavy (non-hydrogen) atoms. The van der Waals surface area contributed by atoms with Crippen LogP contribution in [0.4, 0.5) is 0 Å². The number of ether oxygens (including phenoxy) is 2. The predicted octanol–water partition coefficient (Wildman–Crippen LogP) is 2.97. The number of aromatic nitrogens is 1. The molecule has 1 aliphatic rings. The van der Waals surface area contributed by atoms with Crippen LogP contribution < -0.4 is 9.47 Å². The number of aliphatic hydroxyl groups excluding tert-OH is 1. The molecule has 1 fully saturated rings. The zero-order valence-electron chi connectivity index (χ0n) is 17.2. The van der Waals surface area contributed by atoms with E-state index in [9.17, 15) is 10.2 Å². The first kappa shape index (κ1) is 20.6. The number of benzene rings is 2. The van der Waals surface area contributed by atoms with Gasteiger partial charge in [-0.3, -0.25) is 4.98 Å². The minimum atomic E-state index is -0.883. The molecule has 2 aromatic carbocycles. The summed E-state index contributed by atoms with van der Waals surface area (Å²) in [6.45, 7) is 2.10. The van der Waals surface area contributed by atoms with Crippen molar-refractivity contribution in [2.45, 2.75) is 24.5 Å². The SMILES string of the molecule is COc1ccccc1OC[C@@H](O)CN1CCC(O)(c2cnc3ccccc3c2)CC1. The molecule has 0 spiro atoms. The van der Waals surface area contributed by atoms with Gasteiger partial charge in [0.1, 0.15) is 12.7 Å². The molecule has 0 unspecified atom stereocenters. The molecule has 0 aliphatic carbocycles. The number of piperidine rings is 1. The first-order chi connectivity index (χ1) is 14.6. The second-order valence-electron chi connectivity index (χ2n) is 7.86. The second kappa shape index (κ2) is 9.00. The summed E-state index contributed by atoms with van der Waals surface area (Å²) in [7, 11) is 1.60. The standard InChI is InChI=1S/C24H28N2O4/c1-29-22-8-4-5-9-23(22)30-17-20(27)16-26-12-10-24(28,11-13-26)19-14-18-6-2-3-7-21(18)25-15-19/h2-9,14-15,20,27-28H,10-13,16-17H2,1H3/t20-/m0/s1. The topological polar surface area (TPSA) is 75.0 Å². The van der Waals surface area contributed by atoms with Crippen LogP contribution in [-0.2, 0) is 5.60 Å². The monoisotopic (exact) mass is 408 g/mol. The lowest BCUT2D eigenvalue weighted by Gasteiger charge is -2.39. The molecule has 1 aliphatic heterocycles. The fourth-order valence-corrected chi connectivity index (χ4v) is 3.99. The summed E-state index contributed by atoms with van der Waals surface area (Å²) in [4.78, 5) is 6.66. The van der Waals surface area contributed by atoms with Gasteiger partial charge in [-0.2, -0.15) is 0 Å². The number of rotatable bonds is 7. The fourth-order valence-electron chi connectivity index (χ4n) is 3.99. The summed E-state index contributed by atoms with van der Waals surface area (Å²) in [6, 6.07) is 17.4. The smallest absolute Gasteiger partial charge is 0.161 e. The lowest BCUT2D eigenvalue weighted by molar-refractivity contribution is -0.0374. The van der Waals surface area contributed by atoms with Crippen molar-refractivity contribution in [3.63, 3.8) is 0 Å². The Kier molecular flexibility index (Phi) is 6.18. The largest absolute Gasteiger partial charge is 0.493 e. The van der Waals surface area contributed by atoms with Crippen molar-refractivity contribution >= 4 is 10.9 Å². The molecule has 158 valence electrons. The van der Waals surface area contributed by atoms with E-state index in [0.29, 0.717) is 44.0 Å². The maximum absolute atomic E-state index is 11.2. The minimum absolute atomic E-state index is 0.190. The van der Waals surface area contributed by atoms with Gasteiger partial charge in [0.25, 0.3) is 0 Å². The highest BCUT2D eigenvalue weighted by atomic mass is 16.5. The minimum Gasteiger partial charge on any atom is -0.493 e. The number of nitrogens with zero attached hydrogens (tertiary/aromatic N) is 2. The highest BCUT2D eigenvalue weighted by Crippen LogP contribution is 2.34. The van der Waals surface area contributed by atoms with Gasteiger partial charge >= 0.3 is 0 Å². The Morgan fingerprint density at radius 1 is 1.07 bits per heavy atom. The zero-order valence-corrected chi connectivity index (χ0v) is 17.2. The van der Waals surface area contributed by atoms with Gasteiger partial charge in [-0.15, -0.1) is 0 Å². The third kappa shape index (κ3) is 4.56. The van der Waals surface area contributed by atoms with Crippen molar-refractivity contribution in [3.8, 4) is 11.5 Å². The molecule has 4 rings (SSSR count). The third-order valence-corrected chi connectivity index (χ3v) is 5.78. The number of pyridine rings is 1. The number of methoxy groups -OCH3 is 1. The number of likely N-dealkylation sites (tertiary alicyclic amines) is 1. The van der Waals surface area contributed by atoms with Crippen LogP contribution in [0, 0.1) is 0 Å². The molecule has 1 atom stereocenters. The Morgan fingerprint density at radius 2 is 1.77 bits per heavy atom. The normalized spacial score (nSPS) is 17.6. The van der Waals surface area contributed by atoms with E-state index in [2.05, 4.69) is 9.88 Å². The van der Waals surface area contributed by atoms with Crippen molar-refractivity contribution in [1.82, 2.24) is 9.88 Å². The molecular weight excluding hydrogens is 380 g/mol. The van der Waals surface area contributed by atoms with Crippen molar-refractivity contribution in [2.24, 2.45) is 0 Å². The van der Waals surface area contributed by atoms with Gasteiger partial charge < -0.3 is 24.6 Å². The Morgan fingerprint density at radius 3 is 2.53 bits per heavy atom. The van der Waals surface area contributed by atoms with E-state index >= 15 is 0 Å². The van der Waals surface area contributed by atoms with Crippen molar-refractivity contribution < 1.29 is 19.7 Å². The highest BCUT2D eigenvalue weighted by Gasteiger charge is 2.34. The first-order valence-electron chi connectivity index (χ1n) is 10.3. The molecule has 2 heterocycles. The number of hydrogen-bond acceptors (Lipinski definition) is 6. The second-order valence-corrected chi connectivity index (χ2v) is 7.86. The van der Waals surface area contributed by atoms with Gasteiger partial charge in [0, 0.05) is 36.8 Å². The summed E-state index contributed by atoms with van der Waals surface area (Å²) >= 11 is 0. The number of β-amino-alcohol motifs (C(OH)–C–C–N with tert-alkyl or cyclic N) is 1. The zero-order chi connectivity index (χ0) is 21.0. The van der Waals surface area contributed by atoms with Crippen molar-refractivity contribution in [1.29, 1.82) is 0 Å². The maximum Gasteiger partial charge on any atom is 0.161 e. The quantitative estimate of drug-likeness (QED) is 0.626.